The molecule has 0 amide bonds. The lowest BCUT2D eigenvalue weighted by molar-refractivity contribution is -0.146. The molecule has 0 saturated heterocycles. The predicted octanol–water partition coefficient (Wildman–Crippen LogP) is 2.49. The Morgan fingerprint density at radius 3 is 2.25 bits per heavy atom. The minimum atomic E-state index is -0.682. The van der Waals surface area contributed by atoms with Gasteiger partial charge in [0.25, 0.3) is 0 Å². The predicted molar refractivity (Wildman–Crippen MR) is 76.2 cm³/mol. The highest BCUT2D eigenvalue weighted by Gasteiger charge is 2.20. The van der Waals surface area contributed by atoms with Gasteiger partial charge in [-0.2, -0.15) is 0 Å². The van der Waals surface area contributed by atoms with Crippen molar-refractivity contribution in [2.45, 2.75) is 25.7 Å². The first-order valence-electron chi connectivity index (χ1n) is 6.22. The number of carbonyl (C=O) groups is 2. The van der Waals surface area contributed by atoms with Gasteiger partial charge in [-0.1, -0.05) is 11.8 Å². The second-order valence-corrected chi connectivity index (χ2v) is 4.67. The van der Waals surface area contributed by atoms with Crippen molar-refractivity contribution in [2.75, 3.05) is 13.2 Å². The Kier molecular flexibility index (Phi) is 6.79. The number of nitrogens with zero attached hydrogens (tertiary/aromatic N) is 1. The molecule has 0 spiro atoms. The molecule has 6 heteroatoms. The van der Waals surface area contributed by atoms with E-state index in [2.05, 4.69) is 4.98 Å². The Hall–Kier alpha value is -1.82. The van der Waals surface area contributed by atoms with Crippen LogP contribution in [0.5, 0.6) is 0 Å². The fourth-order valence-corrected chi connectivity index (χ4v) is 1.95. The molecule has 0 unspecified atom stereocenters. The highest BCUT2D eigenvalue weighted by atomic mass is 32.2. The number of hydrogen-bond acceptors (Lipinski definition) is 6. The van der Waals surface area contributed by atoms with Crippen LogP contribution in [0.15, 0.2) is 34.2 Å². The summed E-state index contributed by atoms with van der Waals surface area (Å²) in [4.78, 5) is 28.4. The third-order valence-corrected chi connectivity index (χ3v) is 3.05. The van der Waals surface area contributed by atoms with Crippen LogP contribution in [0, 0.1) is 6.92 Å². The molecular formula is C14H17NO4S. The summed E-state index contributed by atoms with van der Waals surface area (Å²) in [5.74, 6) is -1.36. The van der Waals surface area contributed by atoms with E-state index in [-0.39, 0.29) is 18.8 Å². The van der Waals surface area contributed by atoms with E-state index in [0.717, 1.165) is 10.6 Å². The van der Waals surface area contributed by atoms with Gasteiger partial charge in [0.1, 0.15) is 0 Å². The van der Waals surface area contributed by atoms with Gasteiger partial charge in [-0.15, -0.1) is 0 Å². The van der Waals surface area contributed by atoms with Gasteiger partial charge in [0.2, 0.25) is 0 Å². The molecule has 0 fully saturated rings. The van der Waals surface area contributed by atoms with Crippen LogP contribution in [-0.2, 0) is 19.1 Å². The third-order valence-electron chi connectivity index (χ3n) is 2.19. The summed E-state index contributed by atoms with van der Waals surface area (Å²) in [6.45, 7) is 5.64. The van der Waals surface area contributed by atoms with E-state index in [1.807, 2.05) is 19.1 Å². The Morgan fingerprint density at radius 2 is 1.80 bits per heavy atom. The first kappa shape index (κ1) is 16.2. The van der Waals surface area contributed by atoms with Crippen LogP contribution in [0.4, 0.5) is 0 Å². The van der Waals surface area contributed by atoms with E-state index in [0.29, 0.717) is 0 Å². The Bertz CT molecular complexity index is 476. The smallest absolute Gasteiger partial charge is 0.346 e. The highest BCUT2D eigenvalue weighted by molar-refractivity contribution is 8.02. The van der Waals surface area contributed by atoms with Gasteiger partial charge in [0.15, 0.2) is 5.57 Å². The highest BCUT2D eigenvalue weighted by Crippen LogP contribution is 2.21. The number of hydrogen-bond donors (Lipinski definition) is 0. The standard InChI is InChI=1S/C14H17NO4S/c1-4-18-13(16)12(14(17)19-5-2)9-20-11-7-6-10(3)15-8-11/h6-9H,4-5H2,1-3H3. The maximum atomic E-state index is 11.7. The maximum absolute atomic E-state index is 11.7. The van der Waals surface area contributed by atoms with Gasteiger partial charge in [-0.25, -0.2) is 9.59 Å². The average molecular weight is 295 g/mol. The quantitative estimate of drug-likeness (QED) is 0.264. The molecular weight excluding hydrogens is 278 g/mol. The van der Waals surface area contributed by atoms with Gasteiger partial charge in [-0.3, -0.25) is 4.98 Å². The molecule has 0 aliphatic carbocycles. The van der Waals surface area contributed by atoms with Gasteiger partial charge >= 0.3 is 11.9 Å². The molecule has 0 aliphatic heterocycles. The summed E-state index contributed by atoms with van der Waals surface area (Å²) in [6.07, 6.45) is 1.67. The maximum Gasteiger partial charge on any atom is 0.346 e. The molecule has 1 heterocycles. The van der Waals surface area contributed by atoms with Crippen molar-refractivity contribution >= 4 is 23.7 Å². The lowest BCUT2D eigenvalue weighted by Crippen LogP contribution is -2.18. The fraction of sp³-hybridized carbons (Fsp3) is 0.357. The van der Waals surface area contributed by atoms with Crippen molar-refractivity contribution in [1.29, 1.82) is 0 Å². The van der Waals surface area contributed by atoms with Gasteiger partial charge < -0.3 is 9.47 Å². The molecule has 1 aromatic heterocycles. The van der Waals surface area contributed by atoms with Crippen LogP contribution in [0.3, 0.4) is 0 Å². The Labute approximate surface area is 122 Å². The topological polar surface area (TPSA) is 65.5 Å². The van der Waals surface area contributed by atoms with Crippen LogP contribution in [0.2, 0.25) is 0 Å². The summed E-state index contributed by atoms with van der Waals surface area (Å²) in [7, 11) is 0. The molecule has 0 N–H and O–H groups in total. The van der Waals surface area contributed by atoms with Crippen molar-refractivity contribution in [3.05, 3.63) is 35.0 Å². The molecule has 0 atom stereocenters. The number of pyridine rings is 1. The summed E-state index contributed by atoms with van der Waals surface area (Å²) < 4.78 is 9.68. The number of rotatable bonds is 6. The lowest BCUT2D eigenvalue weighted by atomic mass is 10.3. The van der Waals surface area contributed by atoms with Gasteiger partial charge in [0, 0.05) is 16.8 Å². The number of carbonyl (C=O) groups excluding carboxylic acids is 2. The molecule has 0 aromatic carbocycles. The van der Waals surface area contributed by atoms with Crippen molar-refractivity contribution < 1.29 is 19.1 Å². The number of aromatic nitrogens is 1. The fourth-order valence-electron chi connectivity index (χ4n) is 1.25. The molecule has 0 saturated carbocycles. The minimum absolute atomic E-state index is 0.112. The minimum Gasteiger partial charge on any atom is -0.462 e. The van der Waals surface area contributed by atoms with E-state index < -0.39 is 11.9 Å². The largest absolute Gasteiger partial charge is 0.462 e. The van der Waals surface area contributed by atoms with E-state index >= 15 is 0 Å². The molecule has 1 rings (SSSR count). The van der Waals surface area contributed by atoms with Gasteiger partial charge in [-0.05, 0) is 38.3 Å². The number of aryl methyl sites for hydroxylation is 1. The summed E-state index contributed by atoms with van der Waals surface area (Å²) in [6, 6.07) is 3.71. The first-order valence-corrected chi connectivity index (χ1v) is 7.10. The van der Waals surface area contributed by atoms with Crippen LogP contribution < -0.4 is 0 Å². The van der Waals surface area contributed by atoms with Crippen LogP contribution >= 0.6 is 11.8 Å². The molecule has 108 valence electrons. The molecule has 0 radical (unpaired) electrons. The van der Waals surface area contributed by atoms with Crippen LogP contribution in [0.25, 0.3) is 0 Å². The monoisotopic (exact) mass is 295 g/mol. The zero-order valence-electron chi connectivity index (χ0n) is 11.7. The lowest BCUT2D eigenvalue weighted by Gasteiger charge is -2.06. The molecule has 0 bridgehead atoms. The number of ether oxygens (including phenoxy) is 2. The van der Waals surface area contributed by atoms with Crippen molar-refractivity contribution in [1.82, 2.24) is 4.98 Å². The van der Waals surface area contributed by atoms with E-state index in [4.69, 9.17) is 9.47 Å². The normalized spacial score (nSPS) is 9.75. The van der Waals surface area contributed by atoms with Crippen molar-refractivity contribution in [2.24, 2.45) is 0 Å². The molecule has 5 nitrogen and oxygen atoms in total. The average Bonchev–Trinajstić information content (AvgIpc) is 2.42. The second kappa shape index (κ2) is 8.37. The first-order chi connectivity index (χ1) is 9.58. The van der Waals surface area contributed by atoms with Crippen molar-refractivity contribution in [3.63, 3.8) is 0 Å². The Morgan fingerprint density at radius 1 is 1.20 bits per heavy atom. The van der Waals surface area contributed by atoms with E-state index in [9.17, 15) is 9.59 Å². The molecule has 1 aromatic rings. The zero-order chi connectivity index (χ0) is 15.0. The molecule has 20 heavy (non-hydrogen) atoms. The van der Waals surface area contributed by atoms with Crippen LogP contribution in [0.1, 0.15) is 19.5 Å². The third kappa shape index (κ3) is 5.05. The van der Waals surface area contributed by atoms with Gasteiger partial charge in [0.05, 0.1) is 13.2 Å². The second-order valence-electron chi connectivity index (χ2n) is 3.73. The number of thioether (sulfide) groups is 1. The summed E-state index contributed by atoms with van der Waals surface area (Å²) >= 11 is 1.22. The molecule has 0 aliphatic rings. The number of esters is 2. The Balaban J connectivity index is 2.86. The van der Waals surface area contributed by atoms with E-state index in [1.165, 1.54) is 17.2 Å². The summed E-state index contributed by atoms with van der Waals surface area (Å²) in [5, 5.41) is 1.43. The van der Waals surface area contributed by atoms with E-state index in [1.54, 1.807) is 20.0 Å². The van der Waals surface area contributed by atoms with Crippen LogP contribution in [-0.4, -0.2) is 30.1 Å². The van der Waals surface area contributed by atoms with Crippen molar-refractivity contribution in [3.8, 4) is 0 Å². The zero-order valence-corrected chi connectivity index (χ0v) is 12.5. The SMILES string of the molecule is CCOC(=O)C(=CSc1ccc(C)nc1)C(=O)OCC. The summed E-state index contributed by atoms with van der Waals surface area (Å²) in [5.41, 5.74) is 0.786.